The lowest BCUT2D eigenvalue weighted by atomic mass is 10.2. The minimum Gasteiger partial charge on any atom is -0.481 e. The molecule has 1 aromatic heterocycles. The molecule has 0 fully saturated rings. The molecule has 7 heteroatoms. The van der Waals surface area contributed by atoms with Gasteiger partial charge in [-0.3, -0.25) is 4.79 Å². The van der Waals surface area contributed by atoms with Gasteiger partial charge in [0.05, 0.1) is 0 Å². The number of sulfonamides is 1. The maximum atomic E-state index is 11.9. The molecule has 5 nitrogen and oxygen atoms in total. The van der Waals surface area contributed by atoms with Crippen molar-refractivity contribution < 1.29 is 18.3 Å². The van der Waals surface area contributed by atoms with Gasteiger partial charge in [0.2, 0.25) is 10.0 Å². The van der Waals surface area contributed by atoms with Crippen molar-refractivity contribution in [2.75, 3.05) is 6.54 Å². The monoisotopic (exact) mass is 305 g/mol. The summed E-state index contributed by atoms with van der Waals surface area (Å²) in [6, 6.07) is 3.45. The van der Waals surface area contributed by atoms with Crippen molar-refractivity contribution in [1.29, 1.82) is 0 Å². The summed E-state index contributed by atoms with van der Waals surface area (Å²) in [4.78, 5) is 11.3. The number of hydrogen-bond acceptors (Lipinski definition) is 4. The zero-order valence-corrected chi connectivity index (χ0v) is 12.5. The van der Waals surface area contributed by atoms with Gasteiger partial charge in [-0.25, -0.2) is 13.1 Å². The van der Waals surface area contributed by atoms with Gasteiger partial charge in [0, 0.05) is 17.8 Å². The molecule has 0 saturated heterocycles. The first-order chi connectivity index (χ1) is 8.95. The summed E-state index contributed by atoms with van der Waals surface area (Å²) in [5, 5.41) is 8.46. The van der Waals surface area contributed by atoms with E-state index in [1.807, 2.05) is 13.0 Å². The first-order valence-corrected chi connectivity index (χ1v) is 8.56. The molecule has 0 saturated carbocycles. The maximum Gasteiger partial charge on any atom is 0.303 e. The largest absolute Gasteiger partial charge is 0.481 e. The van der Waals surface area contributed by atoms with Crippen molar-refractivity contribution >= 4 is 27.3 Å². The first-order valence-electron chi connectivity index (χ1n) is 6.26. The Balaban J connectivity index is 2.33. The Kier molecular flexibility index (Phi) is 6.47. The SMILES string of the molecule is CCc1ccc(S(=O)(=O)NCCCCCC(=O)O)s1. The van der Waals surface area contributed by atoms with Gasteiger partial charge in [0.15, 0.2) is 0 Å². The van der Waals surface area contributed by atoms with Gasteiger partial charge in [0.1, 0.15) is 4.21 Å². The summed E-state index contributed by atoms with van der Waals surface area (Å²) in [6.07, 6.45) is 2.90. The van der Waals surface area contributed by atoms with Crippen molar-refractivity contribution in [3.05, 3.63) is 17.0 Å². The third-order valence-corrected chi connectivity index (χ3v) is 5.79. The second-order valence-corrected chi connectivity index (χ2v) is 7.34. The maximum absolute atomic E-state index is 11.9. The van der Waals surface area contributed by atoms with Crippen LogP contribution in [0.15, 0.2) is 16.3 Å². The Bertz CT molecular complexity index is 508. The lowest BCUT2D eigenvalue weighted by Crippen LogP contribution is -2.24. The van der Waals surface area contributed by atoms with Gasteiger partial charge >= 0.3 is 5.97 Å². The molecule has 108 valence electrons. The standard InChI is InChI=1S/C12H19NO4S2/c1-2-10-7-8-12(18-10)19(16,17)13-9-5-3-4-6-11(14)15/h7-8,13H,2-6,9H2,1H3,(H,14,15). The minimum absolute atomic E-state index is 0.136. The van der Waals surface area contributed by atoms with Crippen LogP contribution in [0.1, 0.15) is 37.5 Å². The highest BCUT2D eigenvalue weighted by Crippen LogP contribution is 2.21. The van der Waals surface area contributed by atoms with Crippen LogP contribution in [0, 0.1) is 0 Å². The summed E-state index contributed by atoms with van der Waals surface area (Å²) < 4.78 is 26.7. The highest BCUT2D eigenvalue weighted by atomic mass is 32.2. The molecule has 0 spiro atoms. The van der Waals surface area contributed by atoms with Crippen LogP contribution in [0.5, 0.6) is 0 Å². The van der Waals surface area contributed by atoms with Crippen LogP contribution < -0.4 is 4.72 Å². The average molecular weight is 305 g/mol. The number of aliphatic carboxylic acids is 1. The van der Waals surface area contributed by atoms with Gasteiger partial charge in [-0.2, -0.15) is 0 Å². The van der Waals surface area contributed by atoms with Crippen LogP contribution in [0.2, 0.25) is 0 Å². The Morgan fingerprint density at radius 3 is 2.63 bits per heavy atom. The minimum atomic E-state index is -3.40. The van der Waals surface area contributed by atoms with Crippen molar-refractivity contribution in [2.45, 2.75) is 43.2 Å². The van der Waals surface area contributed by atoms with Gasteiger partial charge < -0.3 is 5.11 Å². The Hall–Kier alpha value is -0.920. The summed E-state index contributed by atoms with van der Waals surface area (Å²) >= 11 is 1.28. The van der Waals surface area contributed by atoms with Gasteiger partial charge in [-0.1, -0.05) is 13.3 Å². The Labute approximate surface area is 117 Å². The third-order valence-electron chi connectivity index (χ3n) is 2.61. The van der Waals surface area contributed by atoms with Crippen LogP contribution in [-0.2, 0) is 21.2 Å². The van der Waals surface area contributed by atoms with Crippen molar-refractivity contribution in [1.82, 2.24) is 4.72 Å². The Morgan fingerprint density at radius 2 is 2.05 bits per heavy atom. The lowest BCUT2D eigenvalue weighted by molar-refractivity contribution is -0.137. The highest BCUT2D eigenvalue weighted by molar-refractivity contribution is 7.91. The predicted molar refractivity (Wildman–Crippen MR) is 75.0 cm³/mol. The smallest absolute Gasteiger partial charge is 0.303 e. The van der Waals surface area contributed by atoms with E-state index >= 15 is 0 Å². The number of rotatable bonds is 9. The number of carboxylic acid groups (broad SMARTS) is 1. The van der Waals surface area contributed by atoms with E-state index in [1.54, 1.807) is 6.07 Å². The van der Waals surface area contributed by atoms with E-state index in [0.717, 1.165) is 11.3 Å². The molecule has 1 heterocycles. The lowest BCUT2D eigenvalue weighted by Gasteiger charge is -2.04. The molecule has 0 radical (unpaired) electrons. The number of carbonyl (C=O) groups is 1. The zero-order valence-electron chi connectivity index (χ0n) is 10.9. The second-order valence-electron chi connectivity index (χ2n) is 4.18. The van der Waals surface area contributed by atoms with Crippen LogP contribution in [0.4, 0.5) is 0 Å². The fraction of sp³-hybridized carbons (Fsp3) is 0.583. The molecular weight excluding hydrogens is 286 g/mol. The quantitative estimate of drug-likeness (QED) is 0.685. The van der Waals surface area contributed by atoms with Crippen LogP contribution in [0.25, 0.3) is 0 Å². The molecule has 0 bridgehead atoms. The van der Waals surface area contributed by atoms with Crippen molar-refractivity contribution in [3.63, 3.8) is 0 Å². The molecule has 0 aliphatic rings. The summed E-state index contributed by atoms with van der Waals surface area (Å²) in [6.45, 7) is 2.33. The first kappa shape index (κ1) is 16.1. The van der Waals surface area contributed by atoms with E-state index in [1.165, 1.54) is 11.3 Å². The van der Waals surface area contributed by atoms with Gasteiger partial charge in [-0.05, 0) is 31.4 Å². The van der Waals surface area contributed by atoms with E-state index in [9.17, 15) is 13.2 Å². The van der Waals surface area contributed by atoms with E-state index in [-0.39, 0.29) is 6.42 Å². The molecular formula is C12H19NO4S2. The number of carboxylic acids is 1. The van der Waals surface area contributed by atoms with E-state index < -0.39 is 16.0 Å². The van der Waals surface area contributed by atoms with E-state index in [4.69, 9.17) is 5.11 Å². The molecule has 0 aliphatic carbocycles. The van der Waals surface area contributed by atoms with Crippen LogP contribution in [0.3, 0.4) is 0 Å². The number of aryl methyl sites for hydroxylation is 1. The number of unbranched alkanes of at least 4 members (excludes halogenated alkanes) is 2. The van der Waals surface area contributed by atoms with Crippen LogP contribution in [-0.4, -0.2) is 26.0 Å². The fourth-order valence-corrected chi connectivity index (χ4v) is 3.96. The second kappa shape index (κ2) is 7.62. The van der Waals surface area contributed by atoms with Crippen LogP contribution >= 0.6 is 11.3 Å². The molecule has 19 heavy (non-hydrogen) atoms. The molecule has 0 atom stereocenters. The summed E-state index contributed by atoms with van der Waals surface area (Å²) in [5.41, 5.74) is 0. The van der Waals surface area contributed by atoms with Gasteiger partial charge in [-0.15, -0.1) is 11.3 Å². The average Bonchev–Trinajstić information content (AvgIpc) is 2.82. The van der Waals surface area contributed by atoms with E-state index in [2.05, 4.69) is 4.72 Å². The Morgan fingerprint density at radius 1 is 1.32 bits per heavy atom. The third kappa shape index (κ3) is 5.71. The fourth-order valence-electron chi connectivity index (χ4n) is 1.55. The summed E-state index contributed by atoms with van der Waals surface area (Å²) in [5.74, 6) is -0.814. The van der Waals surface area contributed by atoms with Crippen molar-refractivity contribution in [2.24, 2.45) is 0 Å². The molecule has 0 unspecified atom stereocenters. The zero-order chi connectivity index (χ0) is 14.3. The number of nitrogens with one attached hydrogen (secondary N) is 1. The van der Waals surface area contributed by atoms with E-state index in [0.29, 0.717) is 30.0 Å². The molecule has 1 rings (SSSR count). The topological polar surface area (TPSA) is 83.5 Å². The molecule has 2 N–H and O–H groups in total. The molecule has 0 amide bonds. The predicted octanol–water partition coefficient (Wildman–Crippen LogP) is 2.23. The summed E-state index contributed by atoms with van der Waals surface area (Å²) in [7, 11) is -3.40. The normalized spacial score (nSPS) is 11.6. The number of thiophene rings is 1. The number of hydrogen-bond donors (Lipinski definition) is 2. The van der Waals surface area contributed by atoms with Crippen molar-refractivity contribution in [3.8, 4) is 0 Å². The highest BCUT2D eigenvalue weighted by Gasteiger charge is 2.15. The molecule has 0 aliphatic heterocycles. The molecule has 0 aromatic carbocycles. The molecule has 1 aromatic rings. The van der Waals surface area contributed by atoms with Gasteiger partial charge in [0.25, 0.3) is 0 Å².